The van der Waals surface area contributed by atoms with E-state index in [1.54, 1.807) is 0 Å². The molecule has 2 aromatic heterocycles. The fraction of sp³-hybridized carbons (Fsp3) is 0.214. The molecule has 0 aliphatic heterocycles. The third kappa shape index (κ3) is 8.10. The summed E-state index contributed by atoms with van der Waals surface area (Å²) in [6.45, 7) is 0.150. The molecule has 4 aromatic rings. The standard InChI is InChI=1S/C28H24F3N7O8/c1-45-26(44)17-7-4-14(28(29,30)31)10-19(17)46-20(39)9-8-18(25(42)43)36-23(40)13-2-5-15(6-3-13)33-11-16-12-34-22-21(35-16)24(41)38-27(32)37-22/h2-7,10,12,18,33H,8-9,11H2,1H3,(H,36,40)(H,42,43)(H3,32,34,37,38,41)/t18-/m0/s1. The predicted octanol–water partition coefficient (Wildman–Crippen LogP) is 2.28. The van der Waals surface area contributed by atoms with Crippen molar-refractivity contribution >= 4 is 46.6 Å². The first-order valence-corrected chi connectivity index (χ1v) is 13.1. The van der Waals surface area contributed by atoms with Crippen molar-refractivity contribution in [1.29, 1.82) is 0 Å². The third-order valence-electron chi connectivity index (χ3n) is 6.29. The maximum absolute atomic E-state index is 13.1. The van der Waals surface area contributed by atoms with Crippen LogP contribution in [0.3, 0.4) is 0 Å². The number of anilines is 2. The summed E-state index contributed by atoms with van der Waals surface area (Å²) in [6.07, 6.45) is -4.51. The first kappa shape index (κ1) is 32.8. The first-order valence-electron chi connectivity index (χ1n) is 13.1. The van der Waals surface area contributed by atoms with Gasteiger partial charge in [-0.3, -0.25) is 19.4 Å². The molecule has 0 aliphatic carbocycles. The summed E-state index contributed by atoms with van der Waals surface area (Å²) in [5.74, 6) is -5.30. The van der Waals surface area contributed by atoms with Crippen LogP contribution in [0.2, 0.25) is 0 Å². The van der Waals surface area contributed by atoms with E-state index in [1.807, 2.05) is 0 Å². The Morgan fingerprint density at radius 2 is 1.80 bits per heavy atom. The minimum atomic E-state index is -4.80. The molecule has 0 saturated carbocycles. The first-order chi connectivity index (χ1) is 21.7. The van der Waals surface area contributed by atoms with Crippen molar-refractivity contribution in [3.8, 4) is 5.75 Å². The van der Waals surface area contributed by atoms with Gasteiger partial charge in [0.25, 0.3) is 11.5 Å². The number of hydrogen-bond donors (Lipinski definition) is 5. The molecule has 18 heteroatoms. The molecular weight excluding hydrogens is 619 g/mol. The van der Waals surface area contributed by atoms with Crippen molar-refractivity contribution in [3.05, 3.63) is 81.4 Å². The van der Waals surface area contributed by atoms with Crippen LogP contribution in [0.4, 0.5) is 24.8 Å². The number of alkyl halides is 3. The number of carbonyl (C=O) groups is 4. The molecule has 0 fully saturated rings. The van der Waals surface area contributed by atoms with Gasteiger partial charge in [0.15, 0.2) is 11.2 Å². The van der Waals surface area contributed by atoms with E-state index in [-0.39, 0.29) is 29.2 Å². The van der Waals surface area contributed by atoms with Crippen molar-refractivity contribution in [3.63, 3.8) is 0 Å². The van der Waals surface area contributed by atoms with E-state index in [0.717, 1.165) is 13.2 Å². The fourth-order valence-electron chi connectivity index (χ4n) is 3.98. The zero-order valence-corrected chi connectivity index (χ0v) is 23.7. The molecule has 0 radical (unpaired) electrons. The molecule has 4 rings (SSSR count). The number of nitrogens with one attached hydrogen (secondary N) is 3. The number of ether oxygens (including phenoxy) is 2. The predicted molar refractivity (Wildman–Crippen MR) is 153 cm³/mol. The number of carboxylic acid groups (broad SMARTS) is 1. The largest absolute Gasteiger partial charge is 0.480 e. The molecule has 2 aromatic carbocycles. The number of amides is 1. The number of methoxy groups -OCH3 is 1. The van der Waals surface area contributed by atoms with Crippen LogP contribution in [-0.4, -0.2) is 62.0 Å². The highest BCUT2D eigenvalue weighted by Gasteiger charge is 2.32. The van der Waals surface area contributed by atoms with Crippen molar-refractivity contribution in [2.24, 2.45) is 0 Å². The number of nitrogens with two attached hydrogens (primary N) is 1. The molecule has 1 amide bonds. The van der Waals surface area contributed by atoms with Gasteiger partial charge in [0.1, 0.15) is 17.4 Å². The average molecular weight is 644 g/mol. The summed E-state index contributed by atoms with van der Waals surface area (Å²) in [5, 5.41) is 14.9. The minimum Gasteiger partial charge on any atom is -0.480 e. The lowest BCUT2D eigenvalue weighted by Gasteiger charge is -2.15. The number of hydrogen-bond acceptors (Lipinski definition) is 12. The lowest BCUT2D eigenvalue weighted by Crippen LogP contribution is -2.41. The zero-order valence-electron chi connectivity index (χ0n) is 23.7. The lowest BCUT2D eigenvalue weighted by molar-refractivity contribution is -0.141. The number of carbonyl (C=O) groups excluding carboxylic acids is 3. The number of H-pyrrole nitrogens is 1. The molecule has 0 aliphatic rings. The van der Waals surface area contributed by atoms with Crippen LogP contribution in [0.1, 0.15) is 44.8 Å². The number of benzene rings is 2. The monoisotopic (exact) mass is 643 g/mol. The summed E-state index contributed by atoms with van der Waals surface area (Å²) in [6, 6.07) is 6.13. The molecule has 0 unspecified atom stereocenters. The Labute approximate surface area is 256 Å². The Hall–Kier alpha value is -6.07. The van der Waals surface area contributed by atoms with Gasteiger partial charge in [0.05, 0.1) is 31.1 Å². The Balaban J connectivity index is 1.35. The van der Waals surface area contributed by atoms with E-state index < -0.39 is 71.3 Å². The number of aliphatic carboxylic acids is 1. The molecule has 0 saturated heterocycles. The van der Waals surface area contributed by atoms with Gasteiger partial charge in [-0.05, 0) is 48.9 Å². The molecule has 1 atom stereocenters. The van der Waals surface area contributed by atoms with Crippen LogP contribution in [0, 0.1) is 0 Å². The maximum atomic E-state index is 13.1. The quantitative estimate of drug-likeness (QED) is 0.117. The van der Waals surface area contributed by atoms with Gasteiger partial charge < -0.3 is 30.9 Å². The summed E-state index contributed by atoms with van der Waals surface area (Å²) in [4.78, 5) is 75.3. The van der Waals surface area contributed by atoms with Crippen molar-refractivity contribution in [2.75, 3.05) is 18.2 Å². The van der Waals surface area contributed by atoms with E-state index in [1.165, 1.54) is 30.5 Å². The number of nitrogens with zero attached hydrogens (tertiary/aromatic N) is 3. The van der Waals surface area contributed by atoms with Gasteiger partial charge >= 0.3 is 24.1 Å². The van der Waals surface area contributed by atoms with Crippen LogP contribution < -0.4 is 26.7 Å². The molecular formula is C28H24F3N7O8. The van der Waals surface area contributed by atoms with Crippen LogP contribution >= 0.6 is 0 Å². The minimum absolute atomic E-state index is 0.00312. The molecule has 0 spiro atoms. The van der Waals surface area contributed by atoms with Gasteiger partial charge in [-0.2, -0.15) is 18.2 Å². The van der Waals surface area contributed by atoms with Gasteiger partial charge in [0.2, 0.25) is 5.95 Å². The second-order valence-corrected chi connectivity index (χ2v) is 9.49. The van der Waals surface area contributed by atoms with Gasteiger partial charge in [-0.15, -0.1) is 0 Å². The van der Waals surface area contributed by atoms with E-state index in [0.29, 0.717) is 23.5 Å². The number of fused-ring (bicyclic) bond motifs is 1. The SMILES string of the molecule is COC(=O)c1ccc(C(F)(F)F)cc1OC(=O)CC[C@H](NC(=O)c1ccc(NCc2cnc3nc(N)[nH]c(=O)c3n2)cc1)C(=O)O. The number of aromatic amines is 1. The molecule has 15 nitrogen and oxygen atoms in total. The van der Waals surface area contributed by atoms with Gasteiger partial charge in [0, 0.05) is 17.7 Å². The molecule has 6 N–H and O–H groups in total. The van der Waals surface area contributed by atoms with Crippen molar-refractivity contribution < 1.29 is 46.9 Å². The highest BCUT2D eigenvalue weighted by molar-refractivity contribution is 5.97. The second-order valence-electron chi connectivity index (χ2n) is 9.49. The highest BCUT2D eigenvalue weighted by Crippen LogP contribution is 2.33. The molecule has 0 bridgehead atoms. The molecule has 46 heavy (non-hydrogen) atoms. The zero-order chi connectivity index (χ0) is 33.6. The molecule has 240 valence electrons. The van der Waals surface area contributed by atoms with Crippen LogP contribution in [0.25, 0.3) is 11.2 Å². The number of nitrogen functional groups attached to an aromatic ring is 1. The lowest BCUT2D eigenvalue weighted by atomic mass is 10.1. The number of esters is 2. The number of halogens is 3. The summed E-state index contributed by atoms with van der Waals surface area (Å²) in [7, 11) is 0.983. The van der Waals surface area contributed by atoms with Gasteiger partial charge in [-0.1, -0.05) is 0 Å². The Bertz CT molecular complexity index is 1860. The summed E-state index contributed by atoms with van der Waals surface area (Å²) >= 11 is 0. The highest BCUT2D eigenvalue weighted by atomic mass is 19.4. The van der Waals surface area contributed by atoms with E-state index in [9.17, 15) is 42.3 Å². The van der Waals surface area contributed by atoms with Gasteiger partial charge in [-0.25, -0.2) is 19.6 Å². The van der Waals surface area contributed by atoms with Crippen LogP contribution in [0.15, 0.2) is 53.5 Å². The van der Waals surface area contributed by atoms with E-state index in [4.69, 9.17) is 10.5 Å². The normalized spacial score (nSPS) is 11.8. The number of rotatable bonds is 11. The maximum Gasteiger partial charge on any atom is 0.416 e. The Morgan fingerprint density at radius 3 is 2.46 bits per heavy atom. The van der Waals surface area contributed by atoms with Crippen LogP contribution in [0.5, 0.6) is 5.75 Å². The number of aromatic nitrogens is 4. The summed E-state index contributed by atoms with van der Waals surface area (Å²) in [5.41, 5.74) is 4.41. The fourth-order valence-corrected chi connectivity index (χ4v) is 3.98. The summed E-state index contributed by atoms with van der Waals surface area (Å²) < 4.78 is 48.9. The van der Waals surface area contributed by atoms with Crippen molar-refractivity contribution in [2.45, 2.75) is 31.6 Å². The Morgan fingerprint density at radius 1 is 1.09 bits per heavy atom. The number of carboxylic acids is 1. The molecule has 2 heterocycles. The van der Waals surface area contributed by atoms with E-state index >= 15 is 0 Å². The topological polar surface area (TPSA) is 229 Å². The second kappa shape index (κ2) is 13.7. The average Bonchev–Trinajstić information content (AvgIpc) is 3.01. The van der Waals surface area contributed by atoms with E-state index in [2.05, 4.69) is 35.3 Å². The smallest absolute Gasteiger partial charge is 0.416 e. The van der Waals surface area contributed by atoms with Crippen LogP contribution in [-0.2, 0) is 27.0 Å². The Kier molecular flexibility index (Phi) is 9.78. The van der Waals surface area contributed by atoms with Crippen molar-refractivity contribution in [1.82, 2.24) is 25.3 Å². The third-order valence-corrected chi connectivity index (χ3v) is 6.29.